The van der Waals surface area contributed by atoms with Crippen molar-refractivity contribution >= 4 is 15.9 Å². The number of aryl methyl sites for hydroxylation is 3. The van der Waals surface area contributed by atoms with Gasteiger partial charge in [0.15, 0.2) is 5.82 Å². The molecule has 0 radical (unpaired) electrons. The lowest BCUT2D eigenvalue weighted by Crippen LogP contribution is -2.39. The van der Waals surface area contributed by atoms with Gasteiger partial charge in [-0.05, 0) is 32.6 Å². The fourth-order valence-corrected chi connectivity index (χ4v) is 5.52. The number of rotatable bonds is 4. The van der Waals surface area contributed by atoms with Crippen molar-refractivity contribution < 1.29 is 17.7 Å². The van der Waals surface area contributed by atoms with Gasteiger partial charge in [-0.15, -0.1) is 0 Å². The zero-order valence-electron chi connectivity index (χ0n) is 16.3. The minimum absolute atomic E-state index is 0.00219. The van der Waals surface area contributed by atoms with Gasteiger partial charge in [-0.3, -0.25) is 9.48 Å². The third kappa shape index (κ3) is 3.12. The first-order chi connectivity index (χ1) is 13.1. The maximum Gasteiger partial charge on any atom is 0.254 e. The van der Waals surface area contributed by atoms with E-state index < -0.39 is 15.4 Å². The van der Waals surface area contributed by atoms with E-state index in [1.54, 1.807) is 31.8 Å². The third-order valence-corrected chi connectivity index (χ3v) is 7.08. The van der Waals surface area contributed by atoms with Crippen molar-refractivity contribution in [3.63, 3.8) is 0 Å². The van der Waals surface area contributed by atoms with Gasteiger partial charge in [0.1, 0.15) is 0 Å². The molecule has 0 aromatic carbocycles. The number of nitrogens with zero attached hydrogens (tertiary/aromatic N) is 5. The fourth-order valence-electron chi connectivity index (χ4n) is 4.60. The number of hydrogen-bond acceptors (Lipinski definition) is 7. The molecule has 1 aliphatic carbocycles. The highest BCUT2D eigenvalue weighted by molar-refractivity contribution is 7.88. The lowest BCUT2D eigenvalue weighted by Gasteiger charge is -2.24. The third-order valence-electron chi connectivity index (χ3n) is 5.86. The summed E-state index contributed by atoms with van der Waals surface area (Å²) in [6.07, 6.45) is 4.11. The van der Waals surface area contributed by atoms with E-state index in [1.807, 2.05) is 0 Å². The smallest absolute Gasteiger partial charge is 0.254 e. The van der Waals surface area contributed by atoms with E-state index in [0.717, 1.165) is 0 Å². The van der Waals surface area contributed by atoms with Crippen LogP contribution in [0.5, 0.6) is 0 Å². The average Bonchev–Trinajstić information content (AvgIpc) is 3.29. The molecule has 1 unspecified atom stereocenters. The molecule has 0 spiro atoms. The largest absolute Gasteiger partial charge is 0.349 e. The molecule has 3 heterocycles. The SMILES string of the molecule is Cc1noc([C@]23C[C@H](NC(=O)c4cn(C)nc4C)CC2CN(S(C)(=O)=O)C3)n1. The molecule has 11 heteroatoms. The summed E-state index contributed by atoms with van der Waals surface area (Å²) in [5.41, 5.74) is 0.635. The molecule has 1 saturated carbocycles. The van der Waals surface area contributed by atoms with Crippen molar-refractivity contribution in [2.24, 2.45) is 13.0 Å². The normalized spacial score (nSPS) is 27.9. The van der Waals surface area contributed by atoms with E-state index in [2.05, 4.69) is 20.6 Å². The van der Waals surface area contributed by atoms with Crippen molar-refractivity contribution in [2.45, 2.75) is 38.1 Å². The van der Waals surface area contributed by atoms with Gasteiger partial charge in [-0.2, -0.15) is 10.1 Å². The Labute approximate surface area is 163 Å². The van der Waals surface area contributed by atoms with Crippen molar-refractivity contribution in [2.75, 3.05) is 19.3 Å². The van der Waals surface area contributed by atoms with Gasteiger partial charge in [0, 0.05) is 32.4 Å². The summed E-state index contributed by atoms with van der Waals surface area (Å²) >= 11 is 0. The van der Waals surface area contributed by atoms with E-state index in [0.29, 0.717) is 42.4 Å². The quantitative estimate of drug-likeness (QED) is 0.763. The number of amides is 1. The van der Waals surface area contributed by atoms with Crippen molar-refractivity contribution in [1.82, 2.24) is 29.5 Å². The minimum Gasteiger partial charge on any atom is -0.349 e. The zero-order chi connectivity index (χ0) is 20.3. The Morgan fingerprint density at radius 1 is 1.39 bits per heavy atom. The van der Waals surface area contributed by atoms with Crippen LogP contribution in [0.25, 0.3) is 0 Å². The second-order valence-electron chi connectivity index (χ2n) is 7.97. The molecule has 0 bridgehead atoms. The number of aromatic nitrogens is 4. The minimum atomic E-state index is -3.33. The van der Waals surface area contributed by atoms with E-state index in [4.69, 9.17) is 4.52 Å². The van der Waals surface area contributed by atoms with Crippen LogP contribution >= 0.6 is 0 Å². The Morgan fingerprint density at radius 2 is 2.14 bits per heavy atom. The maximum absolute atomic E-state index is 12.7. The maximum atomic E-state index is 12.7. The Hall–Kier alpha value is -2.27. The lowest BCUT2D eigenvalue weighted by molar-refractivity contribution is 0.0934. The predicted octanol–water partition coefficient (Wildman–Crippen LogP) is 0.142. The Balaban J connectivity index is 1.59. The summed E-state index contributed by atoms with van der Waals surface area (Å²) in [5.74, 6) is 0.796. The highest BCUT2D eigenvalue weighted by Gasteiger charge is 2.59. The van der Waals surface area contributed by atoms with Gasteiger partial charge in [0.05, 0.1) is 22.9 Å². The number of sulfonamides is 1. The van der Waals surface area contributed by atoms with Gasteiger partial charge in [-0.25, -0.2) is 12.7 Å². The highest BCUT2D eigenvalue weighted by Crippen LogP contribution is 2.50. The first-order valence-electron chi connectivity index (χ1n) is 9.15. The summed E-state index contributed by atoms with van der Waals surface area (Å²) in [7, 11) is -1.55. The summed E-state index contributed by atoms with van der Waals surface area (Å²) in [5, 5.41) is 11.2. The number of fused-ring (bicyclic) bond motifs is 1. The number of hydrogen-bond donors (Lipinski definition) is 1. The van der Waals surface area contributed by atoms with Crippen LogP contribution in [0.4, 0.5) is 0 Å². The molecule has 4 rings (SSSR count). The molecular formula is C17H24N6O4S. The average molecular weight is 408 g/mol. The van der Waals surface area contributed by atoms with Gasteiger partial charge in [0.25, 0.3) is 5.91 Å². The van der Waals surface area contributed by atoms with Gasteiger partial charge in [0.2, 0.25) is 15.9 Å². The molecule has 3 atom stereocenters. The van der Waals surface area contributed by atoms with Crippen LogP contribution in [0.3, 0.4) is 0 Å². The van der Waals surface area contributed by atoms with Crippen LogP contribution in [0.15, 0.2) is 10.7 Å². The number of nitrogens with one attached hydrogen (secondary N) is 1. The van der Waals surface area contributed by atoms with Gasteiger partial charge < -0.3 is 9.84 Å². The van der Waals surface area contributed by atoms with Crippen LogP contribution in [0.2, 0.25) is 0 Å². The molecular weight excluding hydrogens is 384 g/mol. The molecule has 2 aliphatic rings. The Morgan fingerprint density at radius 3 is 2.71 bits per heavy atom. The lowest BCUT2D eigenvalue weighted by atomic mass is 9.80. The Bertz CT molecular complexity index is 1030. The molecule has 2 aromatic heterocycles. The molecule has 28 heavy (non-hydrogen) atoms. The molecule has 152 valence electrons. The standard InChI is InChI=1S/C17H24N6O4S/c1-10-14(8-22(3)20-10)15(24)19-13-5-12-7-23(28(4,25)26)9-17(12,6-13)16-18-11(2)21-27-16/h8,12-13H,5-7,9H2,1-4H3,(H,19,24)/t12?,13-,17+/m1/s1. The number of carbonyl (C=O) groups is 1. The van der Waals surface area contributed by atoms with Gasteiger partial charge in [-0.1, -0.05) is 5.16 Å². The highest BCUT2D eigenvalue weighted by atomic mass is 32.2. The van der Waals surface area contributed by atoms with E-state index in [9.17, 15) is 13.2 Å². The molecule has 1 aliphatic heterocycles. The summed E-state index contributed by atoms with van der Waals surface area (Å²) in [6, 6.07) is -0.106. The molecule has 10 nitrogen and oxygen atoms in total. The van der Waals surface area contributed by atoms with Gasteiger partial charge >= 0.3 is 0 Å². The van der Waals surface area contributed by atoms with Crippen LogP contribution in [0.1, 0.15) is 40.6 Å². The summed E-state index contributed by atoms with van der Waals surface area (Å²) in [6.45, 7) is 4.21. The second-order valence-corrected chi connectivity index (χ2v) is 9.95. The molecule has 2 fully saturated rings. The Kier molecular flexibility index (Phi) is 4.34. The van der Waals surface area contributed by atoms with Crippen molar-refractivity contribution in [1.29, 1.82) is 0 Å². The monoisotopic (exact) mass is 408 g/mol. The summed E-state index contributed by atoms with van der Waals surface area (Å²) < 4.78 is 32.8. The molecule has 1 saturated heterocycles. The molecule has 1 amide bonds. The van der Waals surface area contributed by atoms with Crippen molar-refractivity contribution in [3.8, 4) is 0 Å². The number of carbonyl (C=O) groups excluding carboxylic acids is 1. The summed E-state index contributed by atoms with van der Waals surface area (Å²) in [4.78, 5) is 17.1. The zero-order valence-corrected chi connectivity index (χ0v) is 17.2. The van der Waals surface area contributed by atoms with Crippen molar-refractivity contribution in [3.05, 3.63) is 29.2 Å². The van der Waals surface area contributed by atoms with Crippen LogP contribution < -0.4 is 5.32 Å². The van der Waals surface area contributed by atoms with Crippen LogP contribution in [-0.2, 0) is 22.5 Å². The first kappa shape index (κ1) is 19.1. The predicted molar refractivity (Wildman–Crippen MR) is 99.1 cm³/mol. The van der Waals surface area contributed by atoms with E-state index in [-0.39, 0.29) is 24.4 Å². The second kappa shape index (κ2) is 6.38. The van der Waals surface area contributed by atoms with E-state index >= 15 is 0 Å². The molecule has 2 aromatic rings. The molecule has 1 N–H and O–H groups in total. The van der Waals surface area contributed by atoms with E-state index in [1.165, 1.54) is 10.6 Å². The van der Waals surface area contributed by atoms with Crippen LogP contribution in [-0.4, -0.2) is 63.9 Å². The van der Waals surface area contributed by atoms with Crippen LogP contribution in [0, 0.1) is 19.8 Å². The first-order valence-corrected chi connectivity index (χ1v) is 11.0. The topological polar surface area (TPSA) is 123 Å². The fraction of sp³-hybridized carbons (Fsp3) is 0.647.